The number of rotatable bonds is 7. The second-order valence-electron chi connectivity index (χ2n) is 6.71. The van der Waals surface area contributed by atoms with E-state index in [0.29, 0.717) is 37.9 Å². The molecule has 1 heterocycles. The third kappa shape index (κ3) is 5.52. The zero-order valence-corrected chi connectivity index (χ0v) is 14.3. The molecule has 1 unspecified atom stereocenters. The molecule has 0 radical (unpaired) electrons. The van der Waals surface area contributed by atoms with Gasteiger partial charge in [0.2, 0.25) is 5.91 Å². The first-order valence-electron chi connectivity index (χ1n) is 8.49. The van der Waals surface area contributed by atoms with Gasteiger partial charge in [0, 0.05) is 32.6 Å². The summed E-state index contributed by atoms with van der Waals surface area (Å²) in [7, 11) is -3.40. The molecule has 6 nitrogen and oxygen atoms in total. The van der Waals surface area contributed by atoms with Crippen molar-refractivity contribution in [3.8, 4) is 0 Å². The maximum atomic E-state index is 12.2. The van der Waals surface area contributed by atoms with E-state index < -0.39 is 10.2 Å². The van der Waals surface area contributed by atoms with E-state index in [0.717, 1.165) is 25.7 Å². The van der Waals surface area contributed by atoms with Crippen molar-refractivity contribution in [3.05, 3.63) is 0 Å². The van der Waals surface area contributed by atoms with Crippen LogP contribution in [0.15, 0.2) is 0 Å². The molecule has 1 atom stereocenters. The van der Waals surface area contributed by atoms with Crippen LogP contribution in [0.3, 0.4) is 0 Å². The Labute approximate surface area is 134 Å². The molecule has 2 rings (SSSR count). The van der Waals surface area contributed by atoms with Crippen molar-refractivity contribution >= 4 is 16.1 Å². The van der Waals surface area contributed by atoms with Crippen molar-refractivity contribution in [2.45, 2.75) is 51.9 Å². The molecule has 1 aliphatic carbocycles. The molecule has 0 aromatic carbocycles. The first-order chi connectivity index (χ1) is 10.5. The zero-order chi connectivity index (χ0) is 16.0. The van der Waals surface area contributed by atoms with Gasteiger partial charge >= 0.3 is 0 Å². The molecular weight excluding hydrogens is 302 g/mol. The van der Waals surface area contributed by atoms with Crippen molar-refractivity contribution in [3.63, 3.8) is 0 Å². The van der Waals surface area contributed by atoms with Crippen molar-refractivity contribution < 1.29 is 13.2 Å². The number of hydrogen-bond acceptors (Lipinski definition) is 3. The molecule has 128 valence electrons. The minimum absolute atomic E-state index is 0.0395. The monoisotopic (exact) mass is 331 g/mol. The van der Waals surface area contributed by atoms with Crippen LogP contribution in [0.2, 0.25) is 0 Å². The molecule has 1 saturated carbocycles. The second-order valence-corrected chi connectivity index (χ2v) is 8.46. The summed E-state index contributed by atoms with van der Waals surface area (Å²) in [6.45, 7) is 3.86. The van der Waals surface area contributed by atoms with E-state index >= 15 is 0 Å². The highest BCUT2D eigenvalue weighted by Gasteiger charge is 2.26. The molecule has 2 fully saturated rings. The van der Waals surface area contributed by atoms with Crippen molar-refractivity contribution in [1.29, 1.82) is 0 Å². The number of hydrogen-bond donors (Lipinski definition) is 2. The van der Waals surface area contributed by atoms with Crippen LogP contribution in [0, 0.1) is 11.8 Å². The van der Waals surface area contributed by atoms with Crippen molar-refractivity contribution in [1.82, 2.24) is 14.3 Å². The molecule has 22 heavy (non-hydrogen) atoms. The first-order valence-corrected chi connectivity index (χ1v) is 9.93. The fourth-order valence-electron chi connectivity index (χ4n) is 3.39. The molecule has 7 heteroatoms. The van der Waals surface area contributed by atoms with Crippen LogP contribution in [-0.4, -0.2) is 44.8 Å². The Hall–Kier alpha value is -0.660. The van der Waals surface area contributed by atoms with Crippen molar-refractivity contribution in [2.24, 2.45) is 11.8 Å². The summed E-state index contributed by atoms with van der Waals surface area (Å²) in [5.41, 5.74) is 0. The molecule has 2 aliphatic rings. The van der Waals surface area contributed by atoms with Gasteiger partial charge in [-0.05, 0) is 37.5 Å². The molecule has 0 spiro atoms. The average Bonchev–Trinajstić information content (AvgIpc) is 2.96. The van der Waals surface area contributed by atoms with Gasteiger partial charge in [0.15, 0.2) is 0 Å². The third-order valence-corrected chi connectivity index (χ3v) is 6.22. The Morgan fingerprint density at radius 1 is 1.14 bits per heavy atom. The summed E-state index contributed by atoms with van der Waals surface area (Å²) in [4.78, 5) is 11.8. The van der Waals surface area contributed by atoms with Crippen LogP contribution in [0.25, 0.3) is 0 Å². The summed E-state index contributed by atoms with van der Waals surface area (Å²) in [5, 5.41) is 2.81. The lowest BCUT2D eigenvalue weighted by Gasteiger charge is -2.29. The van der Waals surface area contributed by atoms with Gasteiger partial charge in [-0.2, -0.15) is 12.7 Å². The number of carbonyl (C=O) groups excluding carboxylic acids is 1. The number of piperidine rings is 1. The largest absolute Gasteiger partial charge is 0.355 e. The quantitative estimate of drug-likeness (QED) is 0.689. The smallest absolute Gasteiger partial charge is 0.279 e. The van der Waals surface area contributed by atoms with Gasteiger partial charge in [0.05, 0.1) is 0 Å². The highest BCUT2D eigenvalue weighted by atomic mass is 32.2. The molecule has 0 aromatic rings. The van der Waals surface area contributed by atoms with Gasteiger partial charge in [0.1, 0.15) is 0 Å². The van der Waals surface area contributed by atoms with E-state index in [4.69, 9.17) is 0 Å². The summed E-state index contributed by atoms with van der Waals surface area (Å²) >= 11 is 0. The SMILES string of the molecule is CC1CCCN(S(=O)(=O)NCCNC(=O)CC2CCCC2)C1. The van der Waals surface area contributed by atoms with E-state index in [-0.39, 0.29) is 12.5 Å². The van der Waals surface area contributed by atoms with Crippen LogP contribution in [0.5, 0.6) is 0 Å². The normalized spacial score (nSPS) is 24.5. The van der Waals surface area contributed by atoms with E-state index in [1.165, 1.54) is 17.1 Å². The molecule has 0 aromatic heterocycles. The van der Waals surface area contributed by atoms with E-state index in [1.807, 2.05) is 0 Å². The Kier molecular flexibility index (Phi) is 6.65. The number of nitrogens with zero attached hydrogens (tertiary/aromatic N) is 1. The van der Waals surface area contributed by atoms with Crippen molar-refractivity contribution in [2.75, 3.05) is 26.2 Å². The van der Waals surface area contributed by atoms with Crippen LogP contribution >= 0.6 is 0 Å². The topological polar surface area (TPSA) is 78.5 Å². The lowest BCUT2D eigenvalue weighted by molar-refractivity contribution is -0.121. The lowest BCUT2D eigenvalue weighted by atomic mass is 10.0. The molecule has 0 bridgehead atoms. The van der Waals surface area contributed by atoms with Gasteiger partial charge in [-0.15, -0.1) is 0 Å². The molecule has 2 N–H and O–H groups in total. The van der Waals surface area contributed by atoms with E-state index in [1.54, 1.807) is 0 Å². The highest BCUT2D eigenvalue weighted by molar-refractivity contribution is 7.87. The van der Waals surface area contributed by atoms with Gasteiger partial charge in [-0.1, -0.05) is 19.8 Å². The van der Waals surface area contributed by atoms with Gasteiger partial charge in [0.25, 0.3) is 10.2 Å². The molecule has 1 aliphatic heterocycles. The Morgan fingerprint density at radius 2 is 1.86 bits per heavy atom. The van der Waals surface area contributed by atoms with Crippen LogP contribution < -0.4 is 10.0 Å². The molecule has 1 amide bonds. The summed E-state index contributed by atoms with van der Waals surface area (Å²) in [6, 6.07) is 0. The third-order valence-electron chi connectivity index (χ3n) is 4.64. The van der Waals surface area contributed by atoms with E-state index in [9.17, 15) is 13.2 Å². The summed E-state index contributed by atoms with van der Waals surface area (Å²) in [5.74, 6) is 0.973. The van der Waals surface area contributed by atoms with Gasteiger partial charge in [-0.3, -0.25) is 4.79 Å². The lowest BCUT2D eigenvalue weighted by Crippen LogP contribution is -2.47. The number of nitrogens with one attached hydrogen (secondary N) is 2. The van der Waals surface area contributed by atoms with Crippen LogP contribution in [0.1, 0.15) is 51.9 Å². The first kappa shape index (κ1) is 17.7. The summed E-state index contributed by atoms with van der Waals surface area (Å²) in [6.07, 6.45) is 7.33. The zero-order valence-electron chi connectivity index (χ0n) is 13.5. The Bertz CT molecular complexity index is 461. The van der Waals surface area contributed by atoms with Crippen LogP contribution in [-0.2, 0) is 15.0 Å². The molecular formula is C15H29N3O3S. The minimum atomic E-state index is -3.40. The standard InChI is InChI=1S/C15H29N3O3S/c1-13-5-4-10-18(12-13)22(20,21)17-9-8-16-15(19)11-14-6-2-3-7-14/h13-14,17H,2-12H2,1H3,(H,16,19). The van der Waals surface area contributed by atoms with E-state index in [2.05, 4.69) is 17.0 Å². The molecule has 1 saturated heterocycles. The predicted octanol–water partition coefficient (Wildman–Crippen LogP) is 1.25. The van der Waals surface area contributed by atoms with Crippen LogP contribution in [0.4, 0.5) is 0 Å². The van der Waals surface area contributed by atoms with Gasteiger partial charge in [-0.25, -0.2) is 4.72 Å². The predicted molar refractivity (Wildman–Crippen MR) is 86.5 cm³/mol. The number of carbonyl (C=O) groups is 1. The number of amides is 1. The maximum Gasteiger partial charge on any atom is 0.279 e. The van der Waals surface area contributed by atoms with Gasteiger partial charge < -0.3 is 5.32 Å². The average molecular weight is 331 g/mol. The second kappa shape index (κ2) is 8.26. The maximum absolute atomic E-state index is 12.2. The fraction of sp³-hybridized carbons (Fsp3) is 0.933. The Morgan fingerprint density at radius 3 is 2.55 bits per heavy atom. The highest BCUT2D eigenvalue weighted by Crippen LogP contribution is 2.27. The summed E-state index contributed by atoms with van der Waals surface area (Å²) < 4.78 is 28.4. The minimum Gasteiger partial charge on any atom is -0.355 e. The fourth-order valence-corrected chi connectivity index (χ4v) is 4.75. The Balaban J connectivity index is 1.63.